The summed E-state index contributed by atoms with van der Waals surface area (Å²) in [6, 6.07) is 13.6. The number of aromatic nitrogens is 1. The summed E-state index contributed by atoms with van der Waals surface area (Å²) in [5, 5.41) is 3.89. The van der Waals surface area contributed by atoms with Crippen LogP contribution in [0.25, 0.3) is 0 Å². The van der Waals surface area contributed by atoms with Crippen molar-refractivity contribution in [2.75, 3.05) is 11.1 Å². The van der Waals surface area contributed by atoms with E-state index in [4.69, 9.17) is 5.73 Å². The maximum absolute atomic E-state index is 12.6. The molecule has 3 N–H and O–H groups in total. The second kappa shape index (κ2) is 6.45. The van der Waals surface area contributed by atoms with Crippen molar-refractivity contribution in [3.63, 3.8) is 0 Å². The summed E-state index contributed by atoms with van der Waals surface area (Å²) < 4.78 is 0. The smallest absolute Gasteiger partial charge is 0.206 e. The molecule has 1 aromatic heterocycles. The number of thiazole rings is 1. The summed E-state index contributed by atoms with van der Waals surface area (Å²) in [4.78, 5) is 17.4. The molecule has 0 radical (unpaired) electrons. The number of carbonyl (C=O) groups is 1. The third kappa shape index (κ3) is 3.31. The van der Waals surface area contributed by atoms with Crippen molar-refractivity contribution in [1.82, 2.24) is 4.98 Å². The highest BCUT2D eigenvalue weighted by Crippen LogP contribution is 2.31. The van der Waals surface area contributed by atoms with E-state index < -0.39 is 0 Å². The van der Waals surface area contributed by atoms with Crippen LogP contribution in [-0.2, 0) is 0 Å². The number of nitrogen functional groups attached to an aromatic ring is 1. The summed E-state index contributed by atoms with van der Waals surface area (Å²) >= 11 is 1.28. The molecule has 2 aromatic carbocycles. The summed E-state index contributed by atoms with van der Waals surface area (Å²) in [6.07, 6.45) is 0. The molecule has 122 valence electrons. The number of carbonyl (C=O) groups excluding carboxylic acids is 1. The Morgan fingerprint density at radius 1 is 1.04 bits per heavy atom. The molecule has 0 atom stereocenters. The zero-order valence-electron chi connectivity index (χ0n) is 13.9. The minimum atomic E-state index is -0.0981. The molecule has 0 aliphatic rings. The van der Waals surface area contributed by atoms with Crippen LogP contribution in [0, 0.1) is 20.8 Å². The van der Waals surface area contributed by atoms with Crippen molar-refractivity contribution in [3.05, 3.63) is 69.6 Å². The Kier molecular flexibility index (Phi) is 4.36. The van der Waals surface area contributed by atoms with Gasteiger partial charge in [-0.05, 0) is 38.0 Å². The standard InChI is InChI=1S/C19H19N3OS/c1-11-5-8-14(9-6-11)16(23)17-18(20)22-19(24-17)21-15-10-12(2)4-7-13(15)3/h4-10H,20H2,1-3H3,(H,21,22). The van der Waals surface area contributed by atoms with E-state index in [1.54, 1.807) is 0 Å². The molecule has 0 amide bonds. The Morgan fingerprint density at radius 3 is 2.42 bits per heavy atom. The first-order valence-electron chi connectivity index (χ1n) is 7.66. The third-order valence-electron chi connectivity index (χ3n) is 3.81. The van der Waals surface area contributed by atoms with Crippen LogP contribution in [-0.4, -0.2) is 10.8 Å². The molecule has 5 heteroatoms. The van der Waals surface area contributed by atoms with E-state index in [0.29, 0.717) is 15.6 Å². The zero-order valence-corrected chi connectivity index (χ0v) is 14.7. The average Bonchev–Trinajstić information content (AvgIpc) is 2.91. The van der Waals surface area contributed by atoms with Crippen molar-refractivity contribution in [3.8, 4) is 0 Å². The van der Waals surface area contributed by atoms with Crippen molar-refractivity contribution in [2.45, 2.75) is 20.8 Å². The van der Waals surface area contributed by atoms with Gasteiger partial charge in [0.05, 0.1) is 0 Å². The Morgan fingerprint density at radius 2 is 1.71 bits per heavy atom. The number of ketones is 1. The van der Waals surface area contributed by atoms with Gasteiger partial charge in [0.1, 0.15) is 10.7 Å². The van der Waals surface area contributed by atoms with Gasteiger partial charge in [0.2, 0.25) is 5.78 Å². The summed E-state index contributed by atoms with van der Waals surface area (Å²) in [7, 11) is 0. The topological polar surface area (TPSA) is 68.0 Å². The molecular weight excluding hydrogens is 318 g/mol. The van der Waals surface area contributed by atoms with Gasteiger partial charge in [-0.1, -0.05) is 53.3 Å². The Hall–Kier alpha value is -2.66. The van der Waals surface area contributed by atoms with E-state index >= 15 is 0 Å². The maximum Gasteiger partial charge on any atom is 0.206 e. The summed E-state index contributed by atoms with van der Waals surface area (Å²) in [5.74, 6) is 0.164. The van der Waals surface area contributed by atoms with Gasteiger partial charge in [-0.25, -0.2) is 4.98 Å². The van der Waals surface area contributed by atoms with Gasteiger partial charge in [0.15, 0.2) is 5.13 Å². The maximum atomic E-state index is 12.6. The molecular formula is C19H19N3OS. The lowest BCUT2D eigenvalue weighted by atomic mass is 10.1. The Bertz CT molecular complexity index is 897. The van der Waals surface area contributed by atoms with Crippen LogP contribution in [0.5, 0.6) is 0 Å². The van der Waals surface area contributed by atoms with Gasteiger partial charge in [0, 0.05) is 11.3 Å². The fraction of sp³-hybridized carbons (Fsp3) is 0.158. The second-order valence-corrected chi connectivity index (χ2v) is 6.87. The molecule has 0 aliphatic heterocycles. The zero-order chi connectivity index (χ0) is 17.3. The molecule has 0 saturated heterocycles. The minimum absolute atomic E-state index is 0.0981. The van der Waals surface area contributed by atoms with Crippen molar-refractivity contribution >= 4 is 33.8 Å². The second-order valence-electron chi connectivity index (χ2n) is 5.87. The molecule has 4 nitrogen and oxygen atoms in total. The molecule has 0 bridgehead atoms. The third-order valence-corrected chi connectivity index (χ3v) is 4.79. The SMILES string of the molecule is Cc1ccc(C(=O)c2sc(Nc3cc(C)ccc3C)nc2N)cc1. The van der Waals surface area contributed by atoms with Crippen LogP contribution in [0.3, 0.4) is 0 Å². The van der Waals surface area contributed by atoms with Crippen LogP contribution in [0.1, 0.15) is 31.9 Å². The molecule has 3 rings (SSSR count). The predicted molar refractivity (Wildman–Crippen MR) is 100 cm³/mol. The molecule has 0 fully saturated rings. The summed E-state index contributed by atoms with van der Waals surface area (Å²) in [5.41, 5.74) is 10.9. The monoisotopic (exact) mass is 337 g/mol. The first-order chi connectivity index (χ1) is 11.4. The number of rotatable bonds is 4. The number of hydrogen-bond acceptors (Lipinski definition) is 5. The number of hydrogen-bond donors (Lipinski definition) is 2. The van der Waals surface area contributed by atoms with Crippen LogP contribution >= 0.6 is 11.3 Å². The van der Waals surface area contributed by atoms with E-state index in [1.165, 1.54) is 11.3 Å². The highest BCUT2D eigenvalue weighted by Gasteiger charge is 2.18. The molecule has 24 heavy (non-hydrogen) atoms. The fourth-order valence-electron chi connectivity index (χ4n) is 2.37. The summed E-state index contributed by atoms with van der Waals surface area (Å²) in [6.45, 7) is 6.05. The normalized spacial score (nSPS) is 10.6. The van der Waals surface area contributed by atoms with Crippen LogP contribution in [0.2, 0.25) is 0 Å². The van der Waals surface area contributed by atoms with E-state index in [-0.39, 0.29) is 11.6 Å². The van der Waals surface area contributed by atoms with Gasteiger partial charge in [-0.15, -0.1) is 0 Å². The van der Waals surface area contributed by atoms with E-state index in [2.05, 4.69) is 16.4 Å². The van der Waals surface area contributed by atoms with Gasteiger partial charge >= 0.3 is 0 Å². The molecule has 0 aliphatic carbocycles. The molecule has 3 aromatic rings. The number of aryl methyl sites for hydroxylation is 3. The van der Waals surface area contributed by atoms with Crippen LogP contribution in [0.4, 0.5) is 16.6 Å². The largest absolute Gasteiger partial charge is 0.382 e. The first kappa shape index (κ1) is 16.2. The lowest BCUT2D eigenvalue weighted by Gasteiger charge is -2.07. The van der Waals surface area contributed by atoms with Gasteiger partial charge in [-0.2, -0.15) is 0 Å². The lowest BCUT2D eigenvalue weighted by Crippen LogP contribution is -2.02. The van der Waals surface area contributed by atoms with E-state index in [9.17, 15) is 4.79 Å². The fourth-order valence-corrected chi connectivity index (χ4v) is 3.23. The van der Waals surface area contributed by atoms with Gasteiger partial charge in [-0.3, -0.25) is 4.79 Å². The lowest BCUT2D eigenvalue weighted by molar-refractivity contribution is 0.104. The van der Waals surface area contributed by atoms with Crippen molar-refractivity contribution in [2.24, 2.45) is 0 Å². The number of nitrogens with zero attached hydrogens (tertiary/aromatic N) is 1. The molecule has 1 heterocycles. The number of nitrogens with one attached hydrogen (secondary N) is 1. The molecule has 0 unspecified atom stereocenters. The van der Waals surface area contributed by atoms with E-state index in [1.807, 2.05) is 57.2 Å². The number of anilines is 3. The first-order valence-corrected chi connectivity index (χ1v) is 8.47. The van der Waals surface area contributed by atoms with E-state index in [0.717, 1.165) is 22.4 Å². The van der Waals surface area contributed by atoms with Crippen LogP contribution in [0.15, 0.2) is 42.5 Å². The highest BCUT2D eigenvalue weighted by atomic mass is 32.1. The quantitative estimate of drug-likeness (QED) is 0.681. The number of benzene rings is 2. The van der Waals surface area contributed by atoms with Gasteiger partial charge < -0.3 is 11.1 Å². The van der Waals surface area contributed by atoms with Crippen LogP contribution < -0.4 is 11.1 Å². The molecule has 0 saturated carbocycles. The highest BCUT2D eigenvalue weighted by molar-refractivity contribution is 7.18. The molecule has 0 spiro atoms. The van der Waals surface area contributed by atoms with Gasteiger partial charge in [0.25, 0.3) is 0 Å². The predicted octanol–water partition coefficient (Wildman–Crippen LogP) is 4.63. The Balaban J connectivity index is 1.88. The van der Waals surface area contributed by atoms with Crippen molar-refractivity contribution < 1.29 is 4.79 Å². The number of nitrogens with two attached hydrogens (primary N) is 1. The van der Waals surface area contributed by atoms with Crippen molar-refractivity contribution in [1.29, 1.82) is 0 Å². The average molecular weight is 337 g/mol. The minimum Gasteiger partial charge on any atom is -0.382 e. The Labute approximate surface area is 145 Å².